The second kappa shape index (κ2) is 13.3. The SMILES string of the molecule is O=C(CC/C=C1/C[C@@H]2[C@@H](C#CC(O)C3CCCCC3)[C@H](O)CC[C@H]12)Oc1ccc(NC(=O)c2ccccc2)cc1. The Bertz CT molecular complexity index is 1250. The van der Waals surface area contributed by atoms with Gasteiger partial charge in [0.05, 0.1) is 12.0 Å². The lowest BCUT2D eigenvalue weighted by molar-refractivity contribution is -0.134. The van der Waals surface area contributed by atoms with Gasteiger partial charge in [-0.1, -0.05) is 61.0 Å². The number of fused-ring (bicyclic) bond motifs is 1. The molecule has 0 spiro atoms. The third-order valence-electron chi connectivity index (χ3n) is 8.74. The number of anilines is 1. The number of esters is 1. The number of nitrogens with one attached hydrogen (secondary N) is 1. The van der Waals surface area contributed by atoms with Crippen molar-refractivity contribution in [1.82, 2.24) is 0 Å². The molecule has 2 aromatic carbocycles. The number of hydrogen-bond donors (Lipinski definition) is 3. The van der Waals surface area contributed by atoms with E-state index in [1.807, 2.05) is 18.2 Å². The lowest BCUT2D eigenvalue weighted by Crippen LogP contribution is -2.44. The van der Waals surface area contributed by atoms with Gasteiger partial charge in [-0.2, -0.15) is 0 Å². The summed E-state index contributed by atoms with van der Waals surface area (Å²) in [6, 6.07) is 15.8. The van der Waals surface area contributed by atoms with Crippen LogP contribution >= 0.6 is 0 Å². The first-order valence-electron chi connectivity index (χ1n) is 14.7. The summed E-state index contributed by atoms with van der Waals surface area (Å²) in [6.45, 7) is 0. The molecule has 3 saturated carbocycles. The zero-order valence-electron chi connectivity index (χ0n) is 22.9. The van der Waals surface area contributed by atoms with E-state index in [2.05, 4.69) is 23.2 Å². The van der Waals surface area contributed by atoms with Gasteiger partial charge >= 0.3 is 5.97 Å². The number of aliphatic hydroxyl groups excluding tert-OH is 2. The van der Waals surface area contributed by atoms with Crippen LogP contribution in [-0.2, 0) is 4.79 Å². The van der Waals surface area contributed by atoms with Crippen LogP contribution in [-0.4, -0.2) is 34.3 Å². The van der Waals surface area contributed by atoms with E-state index in [0.717, 1.165) is 32.1 Å². The van der Waals surface area contributed by atoms with E-state index in [4.69, 9.17) is 4.74 Å². The number of carbonyl (C=O) groups is 2. The molecular weight excluding hydrogens is 502 g/mol. The molecule has 1 amide bonds. The van der Waals surface area contributed by atoms with Crippen LogP contribution in [0.1, 0.15) is 74.6 Å². The van der Waals surface area contributed by atoms with Gasteiger partial charge in [0, 0.05) is 17.7 Å². The Kier molecular flexibility index (Phi) is 9.36. The summed E-state index contributed by atoms with van der Waals surface area (Å²) in [5, 5.41) is 24.0. The molecule has 0 aliphatic heterocycles. The van der Waals surface area contributed by atoms with Crippen LogP contribution in [0.4, 0.5) is 5.69 Å². The van der Waals surface area contributed by atoms with Gasteiger partial charge in [0.2, 0.25) is 0 Å². The highest BCUT2D eigenvalue weighted by Crippen LogP contribution is 2.51. The van der Waals surface area contributed by atoms with Gasteiger partial charge in [-0.15, -0.1) is 0 Å². The van der Waals surface area contributed by atoms with Crippen molar-refractivity contribution in [3.63, 3.8) is 0 Å². The highest BCUT2D eigenvalue weighted by Gasteiger charge is 2.46. The summed E-state index contributed by atoms with van der Waals surface area (Å²) in [4.78, 5) is 24.7. The van der Waals surface area contributed by atoms with E-state index in [-0.39, 0.29) is 30.1 Å². The van der Waals surface area contributed by atoms with Gasteiger partial charge in [0.25, 0.3) is 5.91 Å². The van der Waals surface area contributed by atoms with Crippen LogP contribution in [0.2, 0.25) is 0 Å². The molecule has 5 rings (SSSR count). The van der Waals surface area contributed by atoms with Crippen molar-refractivity contribution in [3.8, 4) is 17.6 Å². The standard InChI is InChI=1S/C34H39NO5/c36-31(23-8-3-1-4-9-23)20-19-29-30-22-25(28(30)18-21-32(29)37)12-7-13-33(38)40-27-16-14-26(15-17-27)35-34(39)24-10-5-2-6-11-24/h2,5-6,10-12,14-17,23,28-32,36-37H,1,3-4,7-9,13,18,21-22H2,(H,35,39)/b25-12-/t28-,29-,30+,31?,32-/m1/s1. The average molecular weight is 542 g/mol. The fourth-order valence-electron chi connectivity index (χ4n) is 6.42. The molecule has 1 unspecified atom stereocenters. The van der Waals surface area contributed by atoms with Crippen molar-refractivity contribution < 1.29 is 24.5 Å². The number of carbonyl (C=O) groups excluding carboxylic acids is 2. The van der Waals surface area contributed by atoms with Gasteiger partial charge in [-0.3, -0.25) is 9.59 Å². The first kappa shape index (κ1) is 28.1. The molecule has 0 bridgehead atoms. The minimum Gasteiger partial charge on any atom is -0.427 e. The van der Waals surface area contributed by atoms with Crippen LogP contribution in [0.5, 0.6) is 5.75 Å². The Balaban J connectivity index is 1.07. The average Bonchev–Trinajstić information content (AvgIpc) is 2.97. The Labute approximate surface area is 236 Å². The van der Waals surface area contributed by atoms with Gasteiger partial charge in [-0.05, 0) is 92.7 Å². The smallest absolute Gasteiger partial charge is 0.311 e. The second-order valence-electron chi connectivity index (χ2n) is 11.4. The van der Waals surface area contributed by atoms with Crippen LogP contribution in [0.25, 0.3) is 0 Å². The predicted molar refractivity (Wildman–Crippen MR) is 154 cm³/mol. The van der Waals surface area contributed by atoms with Crippen molar-refractivity contribution in [3.05, 3.63) is 71.8 Å². The maximum Gasteiger partial charge on any atom is 0.311 e. The van der Waals surface area contributed by atoms with Crippen molar-refractivity contribution in [2.24, 2.45) is 23.7 Å². The summed E-state index contributed by atoms with van der Waals surface area (Å²) in [6.07, 6.45) is 10.3. The molecule has 2 aromatic rings. The van der Waals surface area contributed by atoms with E-state index < -0.39 is 12.2 Å². The Morgan fingerprint density at radius 3 is 2.50 bits per heavy atom. The number of ether oxygens (including phenoxy) is 1. The van der Waals surface area contributed by atoms with Crippen molar-refractivity contribution in [1.29, 1.82) is 0 Å². The van der Waals surface area contributed by atoms with Gasteiger partial charge < -0.3 is 20.3 Å². The zero-order valence-corrected chi connectivity index (χ0v) is 22.9. The number of aliphatic hydroxyl groups is 2. The second-order valence-corrected chi connectivity index (χ2v) is 11.4. The Morgan fingerprint density at radius 1 is 1.00 bits per heavy atom. The number of allylic oxidation sites excluding steroid dienone is 2. The summed E-state index contributed by atoms with van der Waals surface area (Å²) < 4.78 is 5.48. The van der Waals surface area contributed by atoms with Crippen molar-refractivity contribution in [2.75, 3.05) is 5.32 Å². The third-order valence-corrected chi connectivity index (χ3v) is 8.74. The normalized spacial score (nSPS) is 26.0. The first-order valence-corrected chi connectivity index (χ1v) is 14.7. The van der Waals surface area contributed by atoms with Gasteiger partial charge in [0.15, 0.2) is 0 Å². The molecule has 6 heteroatoms. The van der Waals surface area contributed by atoms with E-state index in [0.29, 0.717) is 35.3 Å². The monoisotopic (exact) mass is 541 g/mol. The molecule has 3 N–H and O–H groups in total. The molecule has 5 atom stereocenters. The van der Waals surface area contributed by atoms with E-state index >= 15 is 0 Å². The highest BCUT2D eigenvalue weighted by molar-refractivity contribution is 6.04. The van der Waals surface area contributed by atoms with E-state index in [1.165, 1.54) is 24.8 Å². The molecule has 0 heterocycles. The lowest BCUT2D eigenvalue weighted by Gasteiger charge is -2.48. The lowest BCUT2D eigenvalue weighted by atomic mass is 9.57. The van der Waals surface area contributed by atoms with E-state index in [1.54, 1.807) is 36.4 Å². The fraction of sp³-hybridized carbons (Fsp3) is 0.471. The number of benzene rings is 2. The molecule has 6 nitrogen and oxygen atoms in total. The third kappa shape index (κ3) is 7.02. The topological polar surface area (TPSA) is 95.9 Å². The van der Waals surface area contributed by atoms with Crippen molar-refractivity contribution >= 4 is 17.6 Å². The van der Waals surface area contributed by atoms with E-state index in [9.17, 15) is 19.8 Å². The molecule has 3 aliphatic carbocycles. The summed E-state index contributed by atoms with van der Waals surface area (Å²) in [7, 11) is 0. The minimum atomic E-state index is -0.585. The van der Waals surface area contributed by atoms with Crippen LogP contribution < -0.4 is 10.1 Å². The molecule has 40 heavy (non-hydrogen) atoms. The summed E-state index contributed by atoms with van der Waals surface area (Å²) >= 11 is 0. The fourth-order valence-corrected chi connectivity index (χ4v) is 6.42. The Hall–Kier alpha value is -3.40. The van der Waals surface area contributed by atoms with Crippen LogP contribution in [0, 0.1) is 35.5 Å². The molecule has 0 saturated heterocycles. The van der Waals surface area contributed by atoms with Crippen molar-refractivity contribution in [2.45, 2.75) is 76.4 Å². The molecule has 210 valence electrons. The van der Waals surface area contributed by atoms with Gasteiger partial charge in [0.1, 0.15) is 11.9 Å². The summed E-state index contributed by atoms with van der Waals surface area (Å²) in [5.74, 6) is 7.24. The molecule has 0 aromatic heterocycles. The maximum atomic E-state index is 12.4. The molecule has 0 radical (unpaired) electrons. The van der Waals surface area contributed by atoms with Crippen LogP contribution in [0.15, 0.2) is 66.2 Å². The zero-order chi connectivity index (χ0) is 27.9. The van der Waals surface area contributed by atoms with Crippen LogP contribution in [0.3, 0.4) is 0 Å². The molecular formula is C34H39NO5. The molecule has 3 aliphatic rings. The quantitative estimate of drug-likeness (QED) is 0.176. The Morgan fingerprint density at radius 2 is 1.75 bits per heavy atom. The largest absolute Gasteiger partial charge is 0.427 e. The summed E-state index contributed by atoms with van der Waals surface area (Å²) in [5.41, 5.74) is 2.55. The number of hydrogen-bond acceptors (Lipinski definition) is 5. The predicted octanol–water partition coefficient (Wildman–Crippen LogP) is 5.90. The minimum absolute atomic E-state index is 0.0837. The first-order chi connectivity index (χ1) is 19.5. The molecule has 3 fully saturated rings. The van der Waals surface area contributed by atoms with Gasteiger partial charge in [-0.25, -0.2) is 0 Å². The highest BCUT2D eigenvalue weighted by atomic mass is 16.5. The maximum absolute atomic E-state index is 12.4. The number of rotatable bonds is 7. The number of amides is 1.